The van der Waals surface area contributed by atoms with E-state index in [-0.39, 0.29) is 0 Å². The van der Waals surface area contributed by atoms with E-state index >= 15 is 0 Å². The average molecular weight is 194 g/mol. The largest absolute Gasteiger partial charge is 0.317 e. The van der Waals surface area contributed by atoms with Crippen LogP contribution in [0.2, 0.25) is 0 Å². The van der Waals surface area contributed by atoms with Gasteiger partial charge in [-0.05, 0) is 35.1 Å². The van der Waals surface area contributed by atoms with Crippen molar-refractivity contribution in [1.29, 1.82) is 0 Å². The summed E-state index contributed by atoms with van der Waals surface area (Å²) in [6, 6.07) is 0. The molecular weight excluding hydrogens is 175 g/mol. The summed E-state index contributed by atoms with van der Waals surface area (Å²) in [5, 5.41) is 0. The molecule has 0 aromatic rings. The summed E-state index contributed by atoms with van der Waals surface area (Å²) >= 11 is 0. The van der Waals surface area contributed by atoms with E-state index in [1.165, 1.54) is 0 Å². The van der Waals surface area contributed by atoms with Crippen LogP contribution in [-0.4, -0.2) is 50.7 Å². The molecule has 0 radical (unpaired) electrons. The van der Waals surface area contributed by atoms with Crippen LogP contribution in [0.25, 0.3) is 0 Å². The minimum atomic E-state index is -2.59. The van der Waals surface area contributed by atoms with E-state index in [2.05, 4.69) is 0 Å². The molecule has 0 bridgehead atoms. The zero-order valence-corrected chi connectivity index (χ0v) is 9.47. The van der Waals surface area contributed by atoms with Crippen LogP contribution in [0.5, 0.6) is 0 Å². The molecule has 0 spiro atoms. The fourth-order valence-electron chi connectivity index (χ4n) is 0.842. The number of hydrogen-bond acceptors (Lipinski definition) is 3. The van der Waals surface area contributed by atoms with Gasteiger partial charge in [0.1, 0.15) is 0 Å². The summed E-state index contributed by atoms with van der Waals surface area (Å²) in [5.74, 6) is 0. The molecule has 5 heteroatoms. The Bertz CT molecular complexity index is 171. The molecule has 12 heavy (non-hydrogen) atoms. The van der Waals surface area contributed by atoms with Gasteiger partial charge in [-0.15, -0.1) is 0 Å². The van der Waals surface area contributed by atoms with Gasteiger partial charge in [0.2, 0.25) is 0 Å². The first kappa shape index (κ1) is 12.1. The van der Waals surface area contributed by atoms with Crippen molar-refractivity contribution in [2.24, 2.45) is 0 Å². The Morgan fingerprint density at radius 2 is 1.75 bits per heavy atom. The highest BCUT2D eigenvalue weighted by Gasteiger charge is 2.26. The molecule has 0 N–H and O–H groups in total. The molecule has 1 unspecified atom stereocenters. The fraction of sp³-hybridized carbons (Fsp3) is 1.00. The maximum Gasteiger partial charge on any atom is 0.285 e. The zero-order chi connectivity index (χ0) is 9.78. The highest BCUT2D eigenvalue weighted by Crippen LogP contribution is 2.48. The summed E-state index contributed by atoms with van der Waals surface area (Å²) in [6.45, 7) is 2.34. The molecule has 1 atom stereocenters. The van der Waals surface area contributed by atoms with Gasteiger partial charge in [-0.2, -0.15) is 0 Å². The molecule has 0 amide bonds. The molecule has 0 aliphatic rings. The molecular formula is C7H19N2O2P. The van der Waals surface area contributed by atoms with Crippen molar-refractivity contribution in [3.8, 4) is 0 Å². The normalized spacial score (nSPS) is 16.9. The van der Waals surface area contributed by atoms with E-state index in [4.69, 9.17) is 4.52 Å². The molecule has 0 heterocycles. The van der Waals surface area contributed by atoms with Crippen LogP contribution in [0.4, 0.5) is 0 Å². The predicted molar refractivity (Wildman–Crippen MR) is 51.5 cm³/mol. The first-order valence-electron chi connectivity index (χ1n) is 3.98. The predicted octanol–water partition coefficient (Wildman–Crippen LogP) is 1.30. The zero-order valence-electron chi connectivity index (χ0n) is 8.57. The van der Waals surface area contributed by atoms with Crippen LogP contribution >= 0.6 is 7.52 Å². The van der Waals surface area contributed by atoms with Crippen molar-refractivity contribution in [3.05, 3.63) is 0 Å². The van der Waals surface area contributed by atoms with E-state index in [0.717, 1.165) is 0 Å². The Hall–Kier alpha value is 0.110. The van der Waals surface area contributed by atoms with Crippen LogP contribution < -0.4 is 0 Å². The number of hydrogen-bond donors (Lipinski definition) is 0. The maximum atomic E-state index is 12.0. The van der Waals surface area contributed by atoms with Crippen molar-refractivity contribution < 1.29 is 9.09 Å². The van der Waals surface area contributed by atoms with Gasteiger partial charge in [0.05, 0.1) is 12.9 Å². The summed E-state index contributed by atoms with van der Waals surface area (Å²) in [6.07, 6.45) is 0.466. The first-order valence-corrected chi connectivity index (χ1v) is 5.74. The van der Waals surface area contributed by atoms with Gasteiger partial charge in [-0.25, -0.2) is 4.67 Å². The second kappa shape index (κ2) is 4.97. The lowest BCUT2D eigenvalue weighted by molar-refractivity contribution is 0.280. The summed E-state index contributed by atoms with van der Waals surface area (Å²) in [7, 11) is 4.74. The van der Waals surface area contributed by atoms with Gasteiger partial charge in [0.25, 0.3) is 7.52 Å². The third-order valence-corrected chi connectivity index (χ3v) is 4.21. The van der Waals surface area contributed by atoms with Gasteiger partial charge in [0.15, 0.2) is 0 Å². The van der Waals surface area contributed by atoms with E-state index in [0.29, 0.717) is 12.9 Å². The molecule has 0 aliphatic carbocycles. The molecule has 0 fully saturated rings. The van der Waals surface area contributed by atoms with Gasteiger partial charge in [-0.1, -0.05) is 0 Å². The molecule has 0 aromatic heterocycles. The Morgan fingerprint density at radius 1 is 1.25 bits per heavy atom. The van der Waals surface area contributed by atoms with Gasteiger partial charge >= 0.3 is 0 Å². The highest BCUT2D eigenvalue weighted by atomic mass is 31.2. The van der Waals surface area contributed by atoms with Crippen LogP contribution in [0, 0.1) is 0 Å². The molecule has 4 nitrogen and oxygen atoms in total. The third-order valence-electron chi connectivity index (χ3n) is 1.40. The lowest BCUT2D eigenvalue weighted by Crippen LogP contribution is -2.22. The Labute approximate surface area is 75.0 Å². The maximum absolute atomic E-state index is 12.0. The summed E-state index contributed by atoms with van der Waals surface area (Å²) < 4.78 is 18.9. The number of nitrogens with zero attached hydrogens (tertiary/aromatic N) is 2. The Balaban J connectivity index is 4.30. The second-order valence-electron chi connectivity index (χ2n) is 3.12. The highest BCUT2D eigenvalue weighted by molar-refractivity contribution is 7.56. The minimum absolute atomic E-state index is 0.466. The molecule has 0 saturated carbocycles. The van der Waals surface area contributed by atoms with Crippen molar-refractivity contribution in [2.45, 2.75) is 6.92 Å². The van der Waals surface area contributed by atoms with E-state index in [9.17, 15) is 4.57 Å². The van der Waals surface area contributed by atoms with Gasteiger partial charge in [-0.3, -0.25) is 9.46 Å². The van der Waals surface area contributed by atoms with Crippen LogP contribution in [-0.2, 0) is 9.09 Å². The van der Waals surface area contributed by atoms with E-state index < -0.39 is 7.52 Å². The summed E-state index contributed by atoms with van der Waals surface area (Å²) in [4.78, 5) is 1.87. The third kappa shape index (κ3) is 3.68. The monoisotopic (exact) mass is 194 g/mol. The molecule has 0 aliphatic heterocycles. The standard InChI is InChI=1S/C7H19N2O2P/c1-6-11-12(10,9(4)5)7-8(2)3/h6-7H2,1-5H3. The molecule has 0 rings (SSSR count). The lowest BCUT2D eigenvalue weighted by atomic mass is 10.9. The number of rotatable bonds is 5. The Kier molecular flexibility index (Phi) is 5.02. The summed E-state index contributed by atoms with van der Waals surface area (Å²) in [5.41, 5.74) is 0. The molecule has 0 aromatic carbocycles. The van der Waals surface area contributed by atoms with Crippen molar-refractivity contribution >= 4 is 7.52 Å². The van der Waals surface area contributed by atoms with Gasteiger partial charge in [0, 0.05) is 0 Å². The van der Waals surface area contributed by atoms with Crippen LogP contribution in [0.15, 0.2) is 0 Å². The van der Waals surface area contributed by atoms with Crippen molar-refractivity contribution in [2.75, 3.05) is 41.1 Å². The van der Waals surface area contributed by atoms with Gasteiger partial charge < -0.3 is 4.52 Å². The average Bonchev–Trinajstić information content (AvgIpc) is 1.85. The van der Waals surface area contributed by atoms with Crippen molar-refractivity contribution in [1.82, 2.24) is 9.57 Å². The molecule has 0 saturated heterocycles. The first-order chi connectivity index (χ1) is 5.42. The van der Waals surface area contributed by atoms with Crippen molar-refractivity contribution in [3.63, 3.8) is 0 Å². The fourth-order valence-corrected chi connectivity index (χ4v) is 2.53. The van der Waals surface area contributed by atoms with E-state index in [1.54, 1.807) is 18.8 Å². The minimum Gasteiger partial charge on any atom is -0.317 e. The van der Waals surface area contributed by atoms with Crippen LogP contribution in [0.1, 0.15) is 6.92 Å². The Morgan fingerprint density at radius 3 is 2.00 bits per heavy atom. The SMILES string of the molecule is CCOP(=O)(CN(C)C)N(C)C. The topological polar surface area (TPSA) is 32.8 Å². The lowest BCUT2D eigenvalue weighted by Gasteiger charge is -2.26. The van der Waals surface area contributed by atoms with E-state index in [1.807, 2.05) is 25.9 Å². The second-order valence-corrected chi connectivity index (χ2v) is 5.74. The quantitative estimate of drug-likeness (QED) is 0.617. The van der Waals surface area contributed by atoms with Crippen LogP contribution in [0.3, 0.4) is 0 Å². The smallest absolute Gasteiger partial charge is 0.285 e. The molecule has 74 valence electrons.